The average molecular weight is 579 g/mol. The van der Waals surface area contributed by atoms with E-state index in [1.54, 1.807) is 6.07 Å². The van der Waals surface area contributed by atoms with Gasteiger partial charge in [0.05, 0.1) is 29.2 Å². The van der Waals surface area contributed by atoms with Crippen LogP contribution in [0.3, 0.4) is 0 Å². The van der Waals surface area contributed by atoms with Crippen LogP contribution in [0.5, 0.6) is 5.75 Å². The Kier molecular flexibility index (Phi) is 8.24. The number of nitrogens with zero attached hydrogens (tertiary/aromatic N) is 2. The highest BCUT2D eigenvalue weighted by molar-refractivity contribution is 7.92. The van der Waals surface area contributed by atoms with Crippen molar-refractivity contribution in [2.24, 2.45) is 0 Å². The second-order valence-electron chi connectivity index (χ2n) is 8.16. The van der Waals surface area contributed by atoms with Crippen molar-refractivity contribution in [3.05, 3.63) is 87.0 Å². The molecule has 0 radical (unpaired) electrons. The molecule has 198 valence electrons. The Morgan fingerprint density at radius 3 is 2.50 bits per heavy atom. The number of benzene rings is 1. The van der Waals surface area contributed by atoms with Crippen molar-refractivity contribution in [2.45, 2.75) is 20.0 Å². The molecule has 4 aromatic rings. The first-order valence-electron chi connectivity index (χ1n) is 11.1. The fourth-order valence-electron chi connectivity index (χ4n) is 3.56. The van der Waals surface area contributed by atoms with Gasteiger partial charge in [-0.2, -0.15) is 0 Å². The lowest BCUT2D eigenvalue weighted by Gasteiger charge is -2.11. The summed E-state index contributed by atoms with van der Waals surface area (Å²) in [5.41, 5.74) is 1.84. The van der Waals surface area contributed by atoms with Gasteiger partial charge in [0, 0.05) is 39.0 Å². The fourth-order valence-corrected chi connectivity index (χ4v) is 5.34. The Balaban J connectivity index is 1.61. The molecule has 1 aromatic carbocycles. The molecule has 13 heteroatoms. The van der Waals surface area contributed by atoms with E-state index in [1.165, 1.54) is 47.9 Å². The number of sulfonamides is 1. The molecular weight excluding hydrogens is 558 g/mol. The number of carbonyl (C=O) groups is 1. The number of carbonyl (C=O) groups excluding carboxylic acids is 1. The highest BCUT2D eigenvalue weighted by Gasteiger charge is 2.20. The molecule has 8 nitrogen and oxygen atoms in total. The Bertz CT molecular complexity index is 1610. The number of ether oxygens (including phenoxy) is 1. The summed E-state index contributed by atoms with van der Waals surface area (Å²) in [7, 11) is -3.55. The molecule has 4 rings (SSSR count). The zero-order valence-electron chi connectivity index (χ0n) is 20.1. The van der Waals surface area contributed by atoms with Crippen molar-refractivity contribution in [3.8, 4) is 17.0 Å². The third kappa shape index (κ3) is 7.03. The minimum absolute atomic E-state index is 0.0690. The van der Waals surface area contributed by atoms with E-state index in [9.17, 15) is 22.0 Å². The molecule has 0 atom stereocenters. The highest BCUT2D eigenvalue weighted by Crippen LogP contribution is 2.37. The van der Waals surface area contributed by atoms with Crippen molar-refractivity contribution < 1.29 is 26.7 Å². The number of pyridine rings is 2. The summed E-state index contributed by atoms with van der Waals surface area (Å²) < 4.78 is 58.8. The first-order valence-corrected chi connectivity index (χ1v) is 14.2. The maximum absolute atomic E-state index is 14.0. The van der Waals surface area contributed by atoms with Gasteiger partial charge in [-0.05, 0) is 36.8 Å². The molecule has 0 saturated heterocycles. The molecule has 0 aliphatic carbocycles. The summed E-state index contributed by atoms with van der Waals surface area (Å²) in [5, 5.41) is 2.94. The number of aryl methyl sites for hydroxylation is 1. The lowest BCUT2D eigenvalue weighted by Crippen LogP contribution is -2.12. The van der Waals surface area contributed by atoms with Crippen molar-refractivity contribution in [3.63, 3.8) is 0 Å². The van der Waals surface area contributed by atoms with E-state index in [2.05, 4.69) is 20.0 Å². The van der Waals surface area contributed by atoms with Crippen molar-refractivity contribution in [1.29, 1.82) is 0 Å². The number of hydrogen-bond acceptors (Lipinski definition) is 7. The van der Waals surface area contributed by atoms with Gasteiger partial charge in [-0.1, -0.05) is 18.5 Å². The van der Waals surface area contributed by atoms with E-state index in [0.717, 1.165) is 23.5 Å². The summed E-state index contributed by atoms with van der Waals surface area (Å²) in [6.45, 7) is 1.83. The van der Waals surface area contributed by atoms with Crippen LogP contribution in [0.2, 0.25) is 5.02 Å². The quantitative estimate of drug-likeness (QED) is 0.256. The van der Waals surface area contributed by atoms with Crippen LogP contribution in [0.4, 0.5) is 20.2 Å². The standard InChI is InChI=1S/C25H21ClF2N4O4S2/c1-3-22-20(24-21(7-17(28)12-30-24)36-13-14-4-16(27)11-29-10-14)9-23(37-22)25(33)31-18-5-15(26)6-19(8-18)32-38(2,34)35/h4-12,32H,3,13H2,1-2H3,(H,31,33). The Hall–Kier alpha value is -3.61. The van der Waals surface area contributed by atoms with Gasteiger partial charge in [0.15, 0.2) is 0 Å². The monoisotopic (exact) mass is 578 g/mol. The van der Waals surface area contributed by atoms with Crippen LogP contribution >= 0.6 is 22.9 Å². The second-order valence-corrected chi connectivity index (χ2v) is 11.5. The van der Waals surface area contributed by atoms with E-state index in [1.807, 2.05) is 6.92 Å². The smallest absolute Gasteiger partial charge is 0.265 e. The first kappa shape index (κ1) is 27.4. The van der Waals surface area contributed by atoms with Crippen LogP contribution in [0.15, 0.2) is 55.0 Å². The topological polar surface area (TPSA) is 110 Å². The predicted octanol–water partition coefficient (Wildman–Crippen LogP) is 5.90. The summed E-state index contributed by atoms with van der Waals surface area (Å²) in [4.78, 5) is 22.2. The number of aromatic nitrogens is 2. The van der Waals surface area contributed by atoms with E-state index < -0.39 is 27.6 Å². The van der Waals surface area contributed by atoms with Gasteiger partial charge >= 0.3 is 0 Å². The number of halogens is 3. The lowest BCUT2D eigenvalue weighted by molar-refractivity contribution is 0.103. The van der Waals surface area contributed by atoms with Crippen LogP contribution in [0, 0.1) is 11.6 Å². The zero-order chi connectivity index (χ0) is 27.4. The minimum Gasteiger partial charge on any atom is -0.486 e. The number of hydrogen-bond donors (Lipinski definition) is 2. The van der Waals surface area contributed by atoms with Crippen LogP contribution < -0.4 is 14.8 Å². The van der Waals surface area contributed by atoms with Gasteiger partial charge in [-0.3, -0.25) is 14.5 Å². The summed E-state index contributed by atoms with van der Waals surface area (Å²) >= 11 is 7.32. The molecule has 0 aliphatic heterocycles. The molecule has 0 saturated carbocycles. The molecule has 38 heavy (non-hydrogen) atoms. The molecule has 0 bridgehead atoms. The Morgan fingerprint density at radius 2 is 1.79 bits per heavy atom. The van der Waals surface area contributed by atoms with E-state index in [0.29, 0.717) is 28.1 Å². The predicted molar refractivity (Wildman–Crippen MR) is 143 cm³/mol. The van der Waals surface area contributed by atoms with Gasteiger partial charge in [0.25, 0.3) is 5.91 Å². The van der Waals surface area contributed by atoms with Gasteiger partial charge in [0.1, 0.15) is 29.7 Å². The Morgan fingerprint density at radius 1 is 1.05 bits per heavy atom. The number of rotatable bonds is 9. The molecule has 0 spiro atoms. The minimum atomic E-state index is -3.55. The van der Waals surface area contributed by atoms with Gasteiger partial charge in [-0.25, -0.2) is 22.2 Å². The van der Waals surface area contributed by atoms with Crippen molar-refractivity contribution in [1.82, 2.24) is 9.97 Å². The highest BCUT2D eigenvalue weighted by atomic mass is 35.5. The second kappa shape index (κ2) is 11.4. The SMILES string of the molecule is CCc1sc(C(=O)Nc2cc(Cl)cc(NS(C)(=O)=O)c2)cc1-c1ncc(F)cc1OCc1cncc(F)c1. The molecule has 3 aromatic heterocycles. The molecule has 2 N–H and O–H groups in total. The number of nitrogens with one attached hydrogen (secondary N) is 2. The largest absolute Gasteiger partial charge is 0.486 e. The maximum Gasteiger partial charge on any atom is 0.265 e. The van der Waals surface area contributed by atoms with Gasteiger partial charge in [-0.15, -0.1) is 11.3 Å². The van der Waals surface area contributed by atoms with Gasteiger partial charge in [0.2, 0.25) is 10.0 Å². The van der Waals surface area contributed by atoms with Gasteiger partial charge < -0.3 is 10.1 Å². The molecule has 0 fully saturated rings. The van der Waals surface area contributed by atoms with Crippen LogP contribution in [0.25, 0.3) is 11.3 Å². The average Bonchev–Trinajstić information content (AvgIpc) is 3.26. The zero-order valence-corrected chi connectivity index (χ0v) is 22.5. The molecule has 0 unspecified atom stereocenters. The maximum atomic E-state index is 14.0. The molecule has 1 amide bonds. The Labute approximate surface area is 226 Å². The lowest BCUT2D eigenvalue weighted by atomic mass is 10.1. The number of thiophene rings is 1. The fraction of sp³-hybridized carbons (Fsp3) is 0.160. The number of anilines is 2. The molecule has 0 aliphatic rings. The first-order chi connectivity index (χ1) is 18.0. The molecular formula is C25H21ClF2N4O4S2. The third-order valence-electron chi connectivity index (χ3n) is 5.04. The van der Waals surface area contributed by atoms with E-state index in [-0.39, 0.29) is 28.8 Å². The molecule has 3 heterocycles. The van der Waals surface area contributed by atoms with E-state index in [4.69, 9.17) is 16.3 Å². The third-order valence-corrected chi connectivity index (χ3v) is 7.15. The summed E-state index contributed by atoms with van der Waals surface area (Å²) in [5.74, 6) is -1.48. The summed E-state index contributed by atoms with van der Waals surface area (Å²) in [6, 6.07) is 8.39. The van der Waals surface area contributed by atoms with Crippen LogP contribution in [-0.2, 0) is 23.1 Å². The van der Waals surface area contributed by atoms with Crippen LogP contribution in [-0.4, -0.2) is 30.5 Å². The number of amides is 1. The summed E-state index contributed by atoms with van der Waals surface area (Å²) in [6.07, 6.45) is 5.11. The van der Waals surface area contributed by atoms with Crippen molar-refractivity contribution >= 4 is 50.2 Å². The van der Waals surface area contributed by atoms with Crippen molar-refractivity contribution in [2.75, 3.05) is 16.3 Å². The van der Waals surface area contributed by atoms with Crippen LogP contribution in [0.1, 0.15) is 27.0 Å². The van der Waals surface area contributed by atoms with E-state index >= 15 is 0 Å². The normalized spacial score (nSPS) is 11.3.